The molecule has 2 amide bonds. The number of amides is 2. The standard InChI is InChI=1S/C26H33N3O10/c30-9-8-27-19(32)5-7-28-25(34)26-13-18-20-21(37-15-36-20)23(26)39-29(22(26)24(33)38-18)14-17-4-2-1-3-16(17)6-11-35-12-10-31/h1-4,6,11,18,20-23,30-31H,5,7-10,12-15H2,(H,27,32)(H,28,34). The van der Waals surface area contributed by atoms with E-state index in [4.69, 9.17) is 34.0 Å². The average Bonchev–Trinajstić information content (AvgIpc) is 3.55. The van der Waals surface area contributed by atoms with Gasteiger partial charge in [-0.1, -0.05) is 24.3 Å². The van der Waals surface area contributed by atoms with Gasteiger partial charge in [-0.05, 0) is 17.2 Å². The van der Waals surface area contributed by atoms with Crippen molar-refractivity contribution in [1.82, 2.24) is 15.7 Å². The minimum absolute atomic E-state index is 0.00188. The van der Waals surface area contributed by atoms with Crippen LogP contribution in [0.5, 0.6) is 0 Å². The first kappa shape index (κ1) is 27.5. The summed E-state index contributed by atoms with van der Waals surface area (Å²) in [4.78, 5) is 45.6. The van der Waals surface area contributed by atoms with E-state index in [9.17, 15) is 14.4 Å². The van der Waals surface area contributed by atoms with Crippen LogP contribution in [0.3, 0.4) is 0 Å². The number of carbonyl (C=O) groups is 3. The molecule has 6 atom stereocenters. The lowest BCUT2D eigenvalue weighted by atomic mass is 9.62. The fourth-order valence-corrected chi connectivity index (χ4v) is 5.82. The Bertz CT molecular complexity index is 1100. The highest BCUT2D eigenvalue weighted by Gasteiger charge is 2.74. The Hall–Kier alpha value is -3.07. The van der Waals surface area contributed by atoms with Crippen molar-refractivity contribution < 1.29 is 48.4 Å². The van der Waals surface area contributed by atoms with Gasteiger partial charge >= 0.3 is 5.97 Å². The number of hydrogen-bond donors (Lipinski definition) is 4. The number of esters is 1. The zero-order valence-electron chi connectivity index (χ0n) is 21.3. The van der Waals surface area contributed by atoms with Crippen molar-refractivity contribution in [3.63, 3.8) is 0 Å². The van der Waals surface area contributed by atoms with Crippen molar-refractivity contribution in [2.24, 2.45) is 5.41 Å². The summed E-state index contributed by atoms with van der Waals surface area (Å²) in [7, 11) is 0. The van der Waals surface area contributed by atoms with E-state index in [-0.39, 0.29) is 65.0 Å². The minimum atomic E-state index is -1.31. The molecular weight excluding hydrogens is 514 g/mol. The van der Waals surface area contributed by atoms with Crippen LogP contribution in [0.1, 0.15) is 24.0 Å². The molecule has 4 aliphatic rings. The molecule has 39 heavy (non-hydrogen) atoms. The van der Waals surface area contributed by atoms with Gasteiger partial charge in [-0.2, -0.15) is 5.06 Å². The van der Waals surface area contributed by atoms with E-state index in [2.05, 4.69) is 10.6 Å². The lowest BCUT2D eigenvalue weighted by molar-refractivity contribution is -0.201. The van der Waals surface area contributed by atoms with Gasteiger partial charge in [0.25, 0.3) is 0 Å². The van der Waals surface area contributed by atoms with Gasteiger partial charge in [-0.15, -0.1) is 0 Å². The van der Waals surface area contributed by atoms with Crippen LogP contribution in [-0.4, -0.2) is 103 Å². The number of benzene rings is 1. The number of aliphatic hydroxyl groups excluding tert-OH is 2. The maximum absolute atomic E-state index is 13.8. The predicted octanol–water partition coefficient (Wildman–Crippen LogP) is -1.18. The quantitative estimate of drug-likeness (QED) is 0.141. The van der Waals surface area contributed by atoms with Crippen molar-refractivity contribution in [3.8, 4) is 0 Å². The van der Waals surface area contributed by atoms with Crippen molar-refractivity contribution >= 4 is 23.9 Å². The van der Waals surface area contributed by atoms with Crippen molar-refractivity contribution in [2.75, 3.05) is 39.7 Å². The van der Waals surface area contributed by atoms with Gasteiger partial charge in [-0.3, -0.25) is 19.2 Å². The number of carbonyl (C=O) groups excluding carboxylic acids is 3. The van der Waals surface area contributed by atoms with E-state index in [1.54, 1.807) is 6.08 Å². The SMILES string of the molecule is O=C(CCNC(=O)C12CC3OC(=O)C1N(Cc1ccccc1C=COCCO)OC2C1OCOC31)NCCO. The van der Waals surface area contributed by atoms with Gasteiger partial charge in [-0.25, -0.2) is 0 Å². The third kappa shape index (κ3) is 5.25. The molecule has 13 heteroatoms. The summed E-state index contributed by atoms with van der Waals surface area (Å²) >= 11 is 0. The number of ether oxygens (including phenoxy) is 4. The summed E-state index contributed by atoms with van der Waals surface area (Å²) in [6, 6.07) is 6.42. The second-order valence-electron chi connectivity index (χ2n) is 9.78. The van der Waals surface area contributed by atoms with E-state index in [0.29, 0.717) is 0 Å². The van der Waals surface area contributed by atoms with Crippen LogP contribution in [0.4, 0.5) is 0 Å². The van der Waals surface area contributed by atoms with E-state index >= 15 is 0 Å². The molecule has 3 saturated heterocycles. The molecule has 1 aromatic carbocycles. The third-order valence-electron chi connectivity index (χ3n) is 7.50. The average molecular weight is 548 g/mol. The molecule has 4 fully saturated rings. The number of fused-ring (bicyclic) bond motifs is 4. The van der Waals surface area contributed by atoms with Crippen molar-refractivity contribution in [1.29, 1.82) is 0 Å². The normalized spacial score (nSPS) is 31.1. The number of nitrogens with zero attached hydrogens (tertiary/aromatic N) is 1. The smallest absolute Gasteiger partial charge is 0.327 e. The first-order valence-corrected chi connectivity index (χ1v) is 13.0. The van der Waals surface area contributed by atoms with Gasteiger partial charge in [0, 0.05) is 25.9 Å². The number of nitrogens with one attached hydrogen (secondary N) is 2. The topological polar surface area (TPSA) is 165 Å². The van der Waals surface area contributed by atoms with Gasteiger partial charge in [0.2, 0.25) is 11.8 Å². The summed E-state index contributed by atoms with van der Waals surface area (Å²) in [6.45, 7) is 0.212. The number of aliphatic hydroxyl groups is 2. The van der Waals surface area contributed by atoms with Gasteiger partial charge in [0.1, 0.15) is 43.2 Å². The van der Waals surface area contributed by atoms with Crippen LogP contribution in [0.2, 0.25) is 0 Å². The zero-order chi connectivity index (χ0) is 27.4. The lowest BCUT2D eigenvalue weighted by Crippen LogP contribution is -2.69. The molecule has 0 radical (unpaired) electrons. The molecule has 2 bridgehead atoms. The highest BCUT2D eigenvalue weighted by atomic mass is 16.8. The summed E-state index contributed by atoms with van der Waals surface area (Å²) < 4.78 is 22.6. The van der Waals surface area contributed by atoms with Crippen LogP contribution in [0.15, 0.2) is 30.5 Å². The number of hydrogen-bond acceptors (Lipinski definition) is 11. The van der Waals surface area contributed by atoms with Crippen LogP contribution in [-0.2, 0) is 44.7 Å². The van der Waals surface area contributed by atoms with E-state index in [1.165, 1.54) is 11.3 Å². The van der Waals surface area contributed by atoms with Gasteiger partial charge in [0.05, 0.1) is 26.0 Å². The molecule has 1 saturated carbocycles. The fourth-order valence-electron chi connectivity index (χ4n) is 5.82. The highest BCUT2D eigenvalue weighted by molar-refractivity contribution is 5.93. The largest absolute Gasteiger partial charge is 0.499 e. The molecule has 1 aliphatic carbocycles. The molecular formula is C26H33N3O10. The molecule has 3 heterocycles. The van der Waals surface area contributed by atoms with E-state index < -0.39 is 47.7 Å². The van der Waals surface area contributed by atoms with Crippen molar-refractivity contribution in [2.45, 2.75) is 49.8 Å². The second-order valence-corrected chi connectivity index (χ2v) is 9.78. The number of rotatable bonds is 12. The van der Waals surface area contributed by atoms with E-state index in [0.717, 1.165) is 11.1 Å². The summed E-state index contributed by atoms with van der Waals surface area (Å²) in [5.74, 6) is -1.32. The Morgan fingerprint density at radius 2 is 1.95 bits per heavy atom. The third-order valence-corrected chi connectivity index (χ3v) is 7.50. The summed E-state index contributed by atoms with van der Waals surface area (Å²) in [6.07, 6.45) is 0.787. The van der Waals surface area contributed by atoms with Crippen LogP contribution in [0.25, 0.3) is 6.08 Å². The molecule has 5 rings (SSSR count). The molecule has 6 unspecified atom stereocenters. The summed E-state index contributed by atoms with van der Waals surface area (Å²) in [5, 5.41) is 24.7. The summed E-state index contributed by atoms with van der Waals surface area (Å²) in [5.41, 5.74) is 0.304. The maximum Gasteiger partial charge on any atom is 0.327 e. The van der Waals surface area contributed by atoms with Crippen LogP contribution < -0.4 is 10.6 Å². The molecule has 3 aliphatic heterocycles. The Labute approximate surface area is 224 Å². The van der Waals surface area contributed by atoms with E-state index in [1.807, 2.05) is 24.3 Å². The second kappa shape index (κ2) is 12.0. The van der Waals surface area contributed by atoms with Crippen LogP contribution >= 0.6 is 0 Å². The Morgan fingerprint density at radius 1 is 1.13 bits per heavy atom. The molecule has 0 aromatic heterocycles. The Morgan fingerprint density at radius 3 is 2.77 bits per heavy atom. The van der Waals surface area contributed by atoms with Crippen molar-refractivity contribution in [3.05, 3.63) is 41.7 Å². The fraction of sp³-hybridized carbons (Fsp3) is 0.577. The first-order chi connectivity index (χ1) is 19.0. The number of hydroxylamine groups is 2. The molecule has 4 N–H and O–H groups in total. The van der Waals surface area contributed by atoms with Gasteiger partial charge < -0.3 is 39.8 Å². The first-order valence-electron chi connectivity index (χ1n) is 13.0. The molecule has 13 nitrogen and oxygen atoms in total. The Balaban J connectivity index is 1.40. The maximum atomic E-state index is 13.8. The molecule has 212 valence electrons. The highest BCUT2D eigenvalue weighted by Crippen LogP contribution is 2.55. The Kier molecular flexibility index (Phi) is 8.45. The van der Waals surface area contributed by atoms with Crippen LogP contribution in [0, 0.1) is 5.41 Å². The minimum Gasteiger partial charge on any atom is -0.499 e. The zero-order valence-corrected chi connectivity index (χ0v) is 21.3. The lowest BCUT2D eigenvalue weighted by Gasteiger charge is -2.48. The monoisotopic (exact) mass is 547 g/mol. The molecule has 1 aromatic rings. The molecule has 0 spiro atoms. The predicted molar refractivity (Wildman–Crippen MR) is 132 cm³/mol. The van der Waals surface area contributed by atoms with Gasteiger partial charge in [0.15, 0.2) is 6.04 Å².